The standard InChI is InChI=1S/C13H15N3O6/c1-21-12(17)8-11-13(18)15(5-6-22-11)14-9-3-2-4-10(7-9)16(19)20/h2-4,7,11,14H,5-6,8H2,1H3. The molecule has 1 aliphatic heterocycles. The molecule has 9 heteroatoms. The predicted octanol–water partition coefficient (Wildman–Crippen LogP) is 0.712. The number of anilines is 1. The third-order valence-electron chi connectivity index (χ3n) is 3.08. The Bertz CT molecular complexity index is 591. The van der Waals surface area contributed by atoms with Crippen molar-refractivity contribution >= 4 is 23.3 Å². The van der Waals surface area contributed by atoms with E-state index in [0.717, 1.165) is 0 Å². The Morgan fingerprint density at radius 2 is 2.36 bits per heavy atom. The van der Waals surface area contributed by atoms with Gasteiger partial charge in [-0.25, -0.2) is 0 Å². The Hall–Kier alpha value is -2.68. The molecular weight excluding hydrogens is 294 g/mol. The smallest absolute Gasteiger partial charge is 0.308 e. The molecular formula is C13H15N3O6. The molecule has 1 amide bonds. The van der Waals surface area contributed by atoms with E-state index in [1.165, 1.54) is 30.3 Å². The fourth-order valence-electron chi connectivity index (χ4n) is 1.98. The number of hydrogen-bond acceptors (Lipinski definition) is 7. The molecule has 0 bridgehead atoms. The molecule has 1 aromatic carbocycles. The van der Waals surface area contributed by atoms with Gasteiger partial charge in [-0.3, -0.25) is 30.1 Å². The number of esters is 1. The maximum Gasteiger partial charge on any atom is 0.308 e. The van der Waals surface area contributed by atoms with Crippen LogP contribution in [0.2, 0.25) is 0 Å². The summed E-state index contributed by atoms with van der Waals surface area (Å²) in [5.41, 5.74) is 3.11. The fraction of sp³-hybridized carbons (Fsp3) is 0.385. The summed E-state index contributed by atoms with van der Waals surface area (Å²) in [6.07, 6.45) is -1.10. The first kappa shape index (κ1) is 15.7. The molecule has 1 aliphatic rings. The highest BCUT2D eigenvalue weighted by Crippen LogP contribution is 2.19. The first-order chi connectivity index (χ1) is 10.5. The molecule has 9 nitrogen and oxygen atoms in total. The number of nitrogens with one attached hydrogen (secondary N) is 1. The minimum Gasteiger partial charge on any atom is -0.469 e. The van der Waals surface area contributed by atoms with Crippen LogP contribution < -0.4 is 5.43 Å². The summed E-state index contributed by atoms with van der Waals surface area (Å²) in [5, 5.41) is 12.0. The Labute approximate surface area is 125 Å². The van der Waals surface area contributed by atoms with Crippen LogP contribution in [0, 0.1) is 10.1 Å². The molecule has 0 aliphatic carbocycles. The molecule has 1 heterocycles. The molecule has 1 fully saturated rings. The van der Waals surface area contributed by atoms with Gasteiger partial charge in [0.05, 0.1) is 37.3 Å². The zero-order valence-corrected chi connectivity index (χ0v) is 11.9. The van der Waals surface area contributed by atoms with Crippen LogP contribution in [0.5, 0.6) is 0 Å². The zero-order chi connectivity index (χ0) is 16.1. The van der Waals surface area contributed by atoms with Crippen LogP contribution >= 0.6 is 0 Å². The van der Waals surface area contributed by atoms with E-state index in [1.807, 2.05) is 0 Å². The molecule has 118 valence electrons. The van der Waals surface area contributed by atoms with Gasteiger partial charge in [0.25, 0.3) is 11.6 Å². The highest BCUT2D eigenvalue weighted by Gasteiger charge is 2.32. The van der Waals surface area contributed by atoms with E-state index in [2.05, 4.69) is 10.2 Å². The van der Waals surface area contributed by atoms with E-state index in [4.69, 9.17) is 4.74 Å². The molecule has 1 aromatic rings. The lowest BCUT2D eigenvalue weighted by Crippen LogP contribution is -2.51. The van der Waals surface area contributed by atoms with Crippen LogP contribution in [0.25, 0.3) is 0 Å². The number of ether oxygens (including phenoxy) is 2. The van der Waals surface area contributed by atoms with Gasteiger partial charge in [-0.15, -0.1) is 0 Å². The van der Waals surface area contributed by atoms with Gasteiger partial charge in [-0.1, -0.05) is 6.07 Å². The number of carbonyl (C=O) groups excluding carboxylic acids is 2. The number of nitro benzene ring substituents is 1. The third kappa shape index (κ3) is 3.70. The molecule has 1 N–H and O–H groups in total. The van der Waals surface area contributed by atoms with Crippen LogP contribution in [-0.4, -0.2) is 48.2 Å². The second-order valence-electron chi connectivity index (χ2n) is 4.55. The van der Waals surface area contributed by atoms with Gasteiger partial charge in [-0.2, -0.15) is 0 Å². The predicted molar refractivity (Wildman–Crippen MR) is 74.8 cm³/mol. The summed E-state index contributed by atoms with van der Waals surface area (Å²) >= 11 is 0. The maximum absolute atomic E-state index is 12.2. The zero-order valence-electron chi connectivity index (χ0n) is 11.9. The first-order valence-corrected chi connectivity index (χ1v) is 6.52. The summed E-state index contributed by atoms with van der Waals surface area (Å²) in [4.78, 5) is 33.7. The van der Waals surface area contributed by atoms with E-state index < -0.39 is 22.9 Å². The van der Waals surface area contributed by atoms with Gasteiger partial charge >= 0.3 is 5.97 Å². The number of benzene rings is 1. The number of nitro groups is 1. The number of methoxy groups -OCH3 is 1. The monoisotopic (exact) mass is 309 g/mol. The molecule has 1 atom stereocenters. The maximum atomic E-state index is 12.2. The topological polar surface area (TPSA) is 111 Å². The molecule has 0 spiro atoms. The van der Waals surface area contributed by atoms with E-state index in [1.54, 1.807) is 6.07 Å². The van der Waals surface area contributed by atoms with Crippen molar-refractivity contribution in [2.45, 2.75) is 12.5 Å². The SMILES string of the molecule is COC(=O)CC1OCCN(Nc2cccc([N+](=O)[O-])c2)C1=O. The molecule has 2 rings (SSSR count). The molecule has 0 radical (unpaired) electrons. The summed E-state index contributed by atoms with van der Waals surface area (Å²) in [6, 6.07) is 5.78. The molecule has 22 heavy (non-hydrogen) atoms. The van der Waals surface area contributed by atoms with E-state index >= 15 is 0 Å². The average Bonchev–Trinajstić information content (AvgIpc) is 2.51. The number of amides is 1. The van der Waals surface area contributed by atoms with Crippen LogP contribution in [0.1, 0.15) is 6.42 Å². The van der Waals surface area contributed by atoms with Crippen LogP contribution in [0.3, 0.4) is 0 Å². The molecule has 1 saturated heterocycles. The molecule has 0 saturated carbocycles. The third-order valence-corrected chi connectivity index (χ3v) is 3.08. The van der Waals surface area contributed by atoms with Crippen LogP contribution in [0.15, 0.2) is 24.3 Å². The van der Waals surface area contributed by atoms with E-state index in [0.29, 0.717) is 5.69 Å². The van der Waals surface area contributed by atoms with E-state index in [-0.39, 0.29) is 25.3 Å². The first-order valence-electron chi connectivity index (χ1n) is 6.52. The minimum absolute atomic E-state index is 0.0863. The second-order valence-corrected chi connectivity index (χ2v) is 4.55. The number of carbonyl (C=O) groups is 2. The van der Waals surface area contributed by atoms with Crippen molar-refractivity contribution in [3.05, 3.63) is 34.4 Å². The van der Waals surface area contributed by atoms with Gasteiger partial charge in [0.15, 0.2) is 0 Å². The normalized spacial score (nSPS) is 18.0. The highest BCUT2D eigenvalue weighted by atomic mass is 16.6. The Morgan fingerprint density at radius 1 is 1.59 bits per heavy atom. The van der Waals surface area contributed by atoms with E-state index in [9.17, 15) is 19.7 Å². The Balaban J connectivity index is 2.05. The minimum atomic E-state index is -0.924. The van der Waals surface area contributed by atoms with Gasteiger partial charge in [0.1, 0.15) is 6.10 Å². The number of nitrogens with zero attached hydrogens (tertiary/aromatic N) is 2. The van der Waals surface area contributed by atoms with Gasteiger partial charge in [-0.05, 0) is 6.07 Å². The molecule has 1 unspecified atom stereocenters. The number of rotatable bonds is 5. The largest absolute Gasteiger partial charge is 0.469 e. The lowest BCUT2D eigenvalue weighted by Gasteiger charge is -2.32. The van der Waals surface area contributed by atoms with Crippen molar-refractivity contribution in [3.63, 3.8) is 0 Å². The quantitative estimate of drug-likeness (QED) is 0.484. The average molecular weight is 309 g/mol. The van der Waals surface area contributed by atoms with Crippen LogP contribution in [-0.2, 0) is 19.1 Å². The summed E-state index contributed by atoms with van der Waals surface area (Å²) in [7, 11) is 1.23. The number of morpholine rings is 1. The van der Waals surface area contributed by atoms with Crippen molar-refractivity contribution in [3.8, 4) is 0 Å². The summed E-state index contributed by atoms with van der Waals surface area (Å²) in [6.45, 7) is 0.508. The molecule has 0 aromatic heterocycles. The Morgan fingerprint density at radius 3 is 3.05 bits per heavy atom. The summed E-state index contributed by atoms with van der Waals surface area (Å²) < 4.78 is 9.76. The lowest BCUT2D eigenvalue weighted by atomic mass is 10.2. The van der Waals surface area contributed by atoms with Gasteiger partial charge in [0, 0.05) is 12.1 Å². The number of hydrogen-bond donors (Lipinski definition) is 1. The Kier molecular flexibility index (Phi) is 4.89. The van der Waals surface area contributed by atoms with Crippen molar-refractivity contribution in [1.29, 1.82) is 0 Å². The second kappa shape index (κ2) is 6.85. The lowest BCUT2D eigenvalue weighted by molar-refractivity contribution is -0.384. The van der Waals surface area contributed by atoms with Crippen molar-refractivity contribution < 1.29 is 24.0 Å². The van der Waals surface area contributed by atoms with Crippen molar-refractivity contribution in [2.24, 2.45) is 0 Å². The number of non-ortho nitro benzene ring substituents is 1. The van der Waals surface area contributed by atoms with Crippen LogP contribution in [0.4, 0.5) is 11.4 Å². The van der Waals surface area contributed by atoms with Crippen molar-refractivity contribution in [1.82, 2.24) is 5.01 Å². The fourth-order valence-corrected chi connectivity index (χ4v) is 1.98. The van der Waals surface area contributed by atoms with Gasteiger partial charge in [0.2, 0.25) is 0 Å². The highest BCUT2D eigenvalue weighted by molar-refractivity contribution is 5.87. The van der Waals surface area contributed by atoms with Crippen molar-refractivity contribution in [2.75, 3.05) is 25.7 Å². The summed E-state index contributed by atoms with van der Waals surface area (Å²) in [5.74, 6) is -0.973. The number of hydrazine groups is 1. The van der Waals surface area contributed by atoms with Gasteiger partial charge < -0.3 is 9.47 Å².